The molecule has 0 bridgehead atoms. The molecule has 0 atom stereocenters. The van der Waals surface area contributed by atoms with Crippen LogP contribution >= 0.6 is 15.9 Å². The van der Waals surface area contributed by atoms with Gasteiger partial charge in [0.25, 0.3) is 0 Å². The molecule has 2 amide bonds. The summed E-state index contributed by atoms with van der Waals surface area (Å²) in [6.45, 7) is 2.82. The summed E-state index contributed by atoms with van der Waals surface area (Å²) < 4.78 is 10.7. The highest BCUT2D eigenvalue weighted by atomic mass is 79.9. The van der Waals surface area contributed by atoms with Gasteiger partial charge in [0.1, 0.15) is 6.26 Å². The van der Waals surface area contributed by atoms with E-state index in [9.17, 15) is 9.59 Å². The van der Waals surface area contributed by atoms with Gasteiger partial charge in [-0.05, 0) is 34.5 Å². The molecule has 0 aliphatic carbocycles. The van der Waals surface area contributed by atoms with Crippen LogP contribution in [-0.4, -0.2) is 35.5 Å². The average Bonchev–Trinajstić information content (AvgIpc) is 3.11. The summed E-state index contributed by atoms with van der Waals surface area (Å²) in [5.41, 5.74) is 0.767. The fourth-order valence-electron chi connectivity index (χ4n) is 2.31. The molecule has 1 aromatic heterocycles. The van der Waals surface area contributed by atoms with E-state index in [1.165, 1.54) is 13.4 Å². The zero-order valence-corrected chi connectivity index (χ0v) is 16.4. The maximum atomic E-state index is 12.7. The third kappa shape index (κ3) is 5.59. The summed E-state index contributed by atoms with van der Waals surface area (Å²) in [5.74, 6) is -0.292. The van der Waals surface area contributed by atoms with Crippen LogP contribution in [-0.2, 0) is 11.3 Å². The monoisotopic (exact) mass is 423 g/mol. The largest absolute Gasteiger partial charge is 0.464 e. The molecule has 0 unspecified atom stereocenters. The highest BCUT2D eigenvalue weighted by Crippen LogP contribution is 2.22. The molecular formula is C18H22BrN3O4. The van der Waals surface area contributed by atoms with Crippen molar-refractivity contribution < 1.29 is 18.7 Å². The van der Waals surface area contributed by atoms with E-state index in [1.54, 1.807) is 4.90 Å². The number of urea groups is 1. The predicted octanol–water partition coefficient (Wildman–Crippen LogP) is 4.45. The number of nitrogens with zero attached hydrogens (tertiary/aromatic N) is 2. The Morgan fingerprint density at radius 3 is 2.77 bits per heavy atom. The lowest BCUT2D eigenvalue weighted by Gasteiger charge is -2.22. The van der Waals surface area contributed by atoms with Crippen molar-refractivity contribution in [3.8, 4) is 0 Å². The molecule has 1 N–H and O–H groups in total. The second-order valence-electron chi connectivity index (χ2n) is 5.66. The molecule has 26 heavy (non-hydrogen) atoms. The van der Waals surface area contributed by atoms with Gasteiger partial charge >= 0.3 is 12.0 Å². The van der Waals surface area contributed by atoms with Gasteiger partial charge < -0.3 is 19.4 Å². The Morgan fingerprint density at radius 1 is 1.31 bits per heavy atom. The summed E-state index contributed by atoms with van der Waals surface area (Å²) >= 11 is 3.42. The summed E-state index contributed by atoms with van der Waals surface area (Å²) in [7, 11) is 1.28. The number of hydrogen-bond donors (Lipinski definition) is 1. The van der Waals surface area contributed by atoms with Crippen LogP contribution in [0.5, 0.6) is 0 Å². The number of carbonyl (C=O) groups excluding carboxylic acids is 2. The Balaban J connectivity index is 2.09. The molecule has 8 heteroatoms. The number of nitrogens with one attached hydrogen (secondary N) is 1. The van der Waals surface area contributed by atoms with Crippen LogP contribution in [0.3, 0.4) is 0 Å². The number of para-hydroxylation sites is 1. The number of oxazole rings is 1. The SMILES string of the molecule is CCCCCN(Cc1nc(C(=O)OC)co1)C(=O)Nc1ccccc1Br. The lowest BCUT2D eigenvalue weighted by Crippen LogP contribution is -2.35. The second-order valence-corrected chi connectivity index (χ2v) is 6.51. The van der Waals surface area contributed by atoms with E-state index in [-0.39, 0.29) is 24.2 Å². The van der Waals surface area contributed by atoms with E-state index in [0.717, 1.165) is 23.7 Å². The number of benzene rings is 1. The van der Waals surface area contributed by atoms with Gasteiger partial charge in [0.15, 0.2) is 5.69 Å². The zero-order valence-electron chi connectivity index (χ0n) is 14.8. The van der Waals surface area contributed by atoms with Crippen molar-refractivity contribution in [3.63, 3.8) is 0 Å². The van der Waals surface area contributed by atoms with Crippen LogP contribution in [0, 0.1) is 0 Å². The molecule has 2 aromatic rings. The molecule has 1 aromatic carbocycles. The van der Waals surface area contributed by atoms with Gasteiger partial charge in [-0.3, -0.25) is 0 Å². The number of esters is 1. The minimum Gasteiger partial charge on any atom is -0.464 e. The van der Waals surface area contributed by atoms with Crippen molar-refractivity contribution in [2.45, 2.75) is 32.7 Å². The quantitative estimate of drug-likeness (QED) is 0.500. The number of aromatic nitrogens is 1. The Morgan fingerprint density at radius 2 is 2.08 bits per heavy atom. The van der Waals surface area contributed by atoms with Gasteiger partial charge in [0, 0.05) is 11.0 Å². The van der Waals surface area contributed by atoms with E-state index in [2.05, 4.69) is 37.9 Å². The number of amides is 2. The zero-order chi connectivity index (χ0) is 18.9. The van der Waals surface area contributed by atoms with Crippen molar-refractivity contribution in [2.24, 2.45) is 0 Å². The predicted molar refractivity (Wildman–Crippen MR) is 101 cm³/mol. The summed E-state index contributed by atoms with van der Waals surface area (Å²) in [5, 5.41) is 2.88. The smallest absolute Gasteiger partial charge is 0.360 e. The Labute approximate surface area is 160 Å². The number of anilines is 1. The standard InChI is InChI=1S/C18H22BrN3O4/c1-3-4-7-10-22(11-16-20-15(12-26-16)17(23)25-2)18(24)21-14-9-6-5-8-13(14)19/h5-6,8-9,12H,3-4,7,10-11H2,1-2H3,(H,21,24). The van der Waals surface area contributed by atoms with Crippen LogP contribution in [0.15, 0.2) is 39.4 Å². The number of ether oxygens (including phenoxy) is 1. The van der Waals surface area contributed by atoms with Gasteiger partial charge in [0.2, 0.25) is 5.89 Å². The lowest BCUT2D eigenvalue weighted by molar-refractivity contribution is 0.0594. The molecule has 0 saturated carbocycles. The van der Waals surface area contributed by atoms with Gasteiger partial charge in [-0.2, -0.15) is 0 Å². The maximum Gasteiger partial charge on any atom is 0.360 e. The normalized spacial score (nSPS) is 10.4. The van der Waals surface area contributed by atoms with E-state index < -0.39 is 5.97 Å². The third-order valence-electron chi connectivity index (χ3n) is 3.71. The van der Waals surface area contributed by atoms with Crippen molar-refractivity contribution in [3.05, 3.63) is 46.6 Å². The first kappa shape index (κ1) is 20.0. The summed E-state index contributed by atoms with van der Waals surface area (Å²) in [6, 6.07) is 7.13. The molecular weight excluding hydrogens is 402 g/mol. The van der Waals surface area contributed by atoms with Crippen molar-refractivity contribution in [1.82, 2.24) is 9.88 Å². The van der Waals surface area contributed by atoms with Gasteiger partial charge in [0.05, 0.1) is 19.3 Å². The fraction of sp³-hybridized carbons (Fsp3) is 0.389. The summed E-state index contributed by atoms with van der Waals surface area (Å²) in [6.07, 6.45) is 4.16. The molecule has 0 radical (unpaired) electrons. The fourth-order valence-corrected chi connectivity index (χ4v) is 2.69. The number of hydrogen-bond acceptors (Lipinski definition) is 5. The van der Waals surface area contributed by atoms with Crippen LogP contribution < -0.4 is 5.32 Å². The van der Waals surface area contributed by atoms with Crippen LogP contribution in [0.25, 0.3) is 0 Å². The molecule has 0 aliphatic heterocycles. The van der Waals surface area contributed by atoms with Crippen LogP contribution in [0.1, 0.15) is 42.6 Å². The van der Waals surface area contributed by atoms with Gasteiger partial charge in [-0.25, -0.2) is 14.6 Å². The Hall–Kier alpha value is -2.35. The van der Waals surface area contributed by atoms with E-state index in [4.69, 9.17) is 4.42 Å². The summed E-state index contributed by atoms with van der Waals surface area (Å²) in [4.78, 5) is 29.9. The lowest BCUT2D eigenvalue weighted by atomic mass is 10.2. The molecule has 0 spiro atoms. The van der Waals surface area contributed by atoms with Crippen molar-refractivity contribution >= 4 is 33.6 Å². The Bertz CT molecular complexity index is 748. The molecule has 1 heterocycles. The van der Waals surface area contributed by atoms with Gasteiger partial charge in [-0.15, -0.1) is 0 Å². The third-order valence-corrected chi connectivity index (χ3v) is 4.40. The second kappa shape index (κ2) is 9.96. The first-order valence-corrected chi connectivity index (χ1v) is 9.17. The molecule has 2 rings (SSSR count). The molecule has 0 saturated heterocycles. The van der Waals surface area contributed by atoms with E-state index in [0.29, 0.717) is 12.2 Å². The van der Waals surface area contributed by atoms with Crippen molar-refractivity contribution in [2.75, 3.05) is 19.0 Å². The highest BCUT2D eigenvalue weighted by molar-refractivity contribution is 9.10. The van der Waals surface area contributed by atoms with Gasteiger partial charge in [-0.1, -0.05) is 31.9 Å². The van der Waals surface area contributed by atoms with Crippen molar-refractivity contribution in [1.29, 1.82) is 0 Å². The van der Waals surface area contributed by atoms with Crippen LogP contribution in [0.2, 0.25) is 0 Å². The number of unbranched alkanes of at least 4 members (excludes halogenated alkanes) is 2. The maximum absolute atomic E-state index is 12.7. The first-order valence-electron chi connectivity index (χ1n) is 8.38. The highest BCUT2D eigenvalue weighted by Gasteiger charge is 2.19. The number of rotatable bonds is 8. The molecule has 0 fully saturated rings. The van der Waals surface area contributed by atoms with Crippen LogP contribution in [0.4, 0.5) is 10.5 Å². The number of methoxy groups -OCH3 is 1. The molecule has 140 valence electrons. The number of halogens is 1. The molecule has 7 nitrogen and oxygen atoms in total. The van der Waals surface area contributed by atoms with E-state index in [1.807, 2.05) is 24.3 Å². The Kier molecular flexibility index (Phi) is 7.65. The minimum atomic E-state index is -0.574. The topological polar surface area (TPSA) is 84.7 Å². The van der Waals surface area contributed by atoms with E-state index >= 15 is 0 Å². The first-order chi connectivity index (χ1) is 12.5. The minimum absolute atomic E-state index is 0.0854. The molecule has 0 aliphatic rings. The number of carbonyl (C=O) groups is 2. The average molecular weight is 424 g/mol.